The monoisotopic (exact) mass is 458 g/mol. The molecule has 0 saturated heterocycles. The fourth-order valence-corrected chi connectivity index (χ4v) is 3.62. The third-order valence-corrected chi connectivity index (χ3v) is 5.46. The molecular formula is C24H26O9. The molecule has 1 saturated carbocycles. The van der Waals surface area contributed by atoms with Crippen LogP contribution in [0.4, 0.5) is 0 Å². The Labute approximate surface area is 190 Å². The number of aromatic hydroxyl groups is 1. The van der Waals surface area contributed by atoms with Crippen molar-refractivity contribution < 1.29 is 44.2 Å². The molecule has 1 fully saturated rings. The second-order valence-corrected chi connectivity index (χ2v) is 7.81. The van der Waals surface area contributed by atoms with Crippen molar-refractivity contribution in [1.82, 2.24) is 0 Å². The Morgan fingerprint density at radius 2 is 1.85 bits per heavy atom. The van der Waals surface area contributed by atoms with Crippen LogP contribution in [0.15, 0.2) is 54.6 Å². The number of aliphatic carboxylic acids is 1. The van der Waals surface area contributed by atoms with Gasteiger partial charge in [0.05, 0.1) is 19.8 Å². The molecule has 9 nitrogen and oxygen atoms in total. The van der Waals surface area contributed by atoms with Gasteiger partial charge in [-0.1, -0.05) is 24.3 Å². The molecule has 4 atom stereocenters. The normalized spacial score (nSPS) is 25.0. The zero-order valence-electron chi connectivity index (χ0n) is 18.0. The lowest BCUT2D eigenvalue weighted by Crippen LogP contribution is -2.58. The van der Waals surface area contributed by atoms with E-state index in [9.17, 15) is 30.0 Å². The number of hydrogen-bond acceptors (Lipinski definition) is 8. The van der Waals surface area contributed by atoms with Crippen LogP contribution in [0.5, 0.6) is 11.5 Å². The van der Waals surface area contributed by atoms with E-state index in [1.54, 1.807) is 36.4 Å². The average Bonchev–Trinajstić information content (AvgIpc) is 2.80. The van der Waals surface area contributed by atoms with Gasteiger partial charge in [-0.25, -0.2) is 9.59 Å². The topological polar surface area (TPSA) is 143 Å². The maximum absolute atomic E-state index is 12.3. The van der Waals surface area contributed by atoms with Crippen LogP contribution in [0.2, 0.25) is 0 Å². The van der Waals surface area contributed by atoms with Gasteiger partial charge < -0.3 is 34.6 Å². The highest BCUT2D eigenvalue weighted by atomic mass is 16.6. The number of esters is 1. The number of carbonyl (C=O) groups excluding carboxylic acids is 1. The summed E-state index contributed by atoms with van der Waals surface area (Å²) in [6.45, 7) is -0.0895. The van der Waals surface area contributed by atoms with E-state index in [1.165, 1.54) is 25.3 Å². The minimum Gasteiger partial charge on any atom is -0.508 e. The SMILES string of the molecule is COc1cccc(CO[C@@]2(C(=O)O)C[C@H](O)[C@@H](O)[C@H](OC(=O)/C=C/c3ccc(O)cc3)C2)c1. The number of ether oxygens (including phenoxy) is 3. The second kappa shape index (κ2) is 10.5. The van der Waals surface area contributed by atoms with Gasteiger partial charge in [-0.15, -0.1) is 0 Å². The van der Waals surface area contributed by atoms with E-state index in [4.69, 9.17) is 14.2 Å². The van der Waals surface area contributed by atoms with Crippen molar-refractivity contribution in [1.29, 1.82) is 0 Å². The molecule has 0 radical (unpaired) electrons. The summed E-state index contributed by atoms with van der Waals surface area (Å²) in [5.41, 5.74) is -0.593. The number of carboxylic acid groups (broad SMARTS) is 1. The molecule has 0 aliphatic heterocycles. The summed E-state index contributed by atoms with van der Waals surface area (Å²) >= 11 is 0. The van der Waals surface area contributed by atoms with Crippen molar-refractivity contribution >= 4 is 18.0 Å². The highest BCUT2D eigenvalue weighted by molar-refractivity contribution is 5.87. The van der Waals surface area contributed by atoms with Gasteiger partial charge in [-0.3, -0.25) is 0 Å². The number of carboxylic acids is 1. The first kappa shape index (κ1) is 24.2. The first-order valence-corrected chi connectivity index (χ1v) is 10.3. The maximum atomic E-state index is 12.3. The molecule has 1 aliphatic carbocycles. The largest absolute Gasteiger partial charge is 0.508 e. The molecular weight excluding hydrogens is 432 g/mol. The van der Waals surface area contributed by atoms with Gasteiger partial charge in [-0.2, -0.15) is 0 Å². The van der Waals surface area contributed by atoms with Gasteiger partial charge in [0.1, 0.15) is 23.7 Å². The standard InChI is InChI=1S/C24H26O9/c1-31-18-4-2-3-16(11-18)14-32-24(23(29)30)12-19(26)22(28)20(13-24)33-21(27)10-7-15-5-8-17(25)9-6-15/h2-11,19-20,22,25-26,28H,12-14H2,1H3,(H,29,30)/b10-7+/t19-,20+,22+,24-/m0/s1. The van der Waals surface area contributed by atoms with E-state index in [1.807, 2.05) is 0 Å². The van der Waals surface area contributed by atoms with E-state index in [2.05, 4.69) is 0 Å². The Morgan fingerprint density at radius 1 is 1.12 bits per heavy atom. The van der Waals surface area contributed by atoms with Gasteiger partial charge in [-0.05, 0) is 41.5 Å². The van der Waals surface area contributed by atoms with Crippen LogP contribution < -0.4 is 4.74 Å². The number of aliphatic hydroxyl groups is 2. The predicted molar refractivity (Wildman–Crippen MR) is 116 cm³/mol. The quantitative estimate of drug-likeness (QED) is 0.344. The molecule has 2 aromatic carbocycles. The van der Waals surface area contributed by atoms with Crippen LogP contribution in [-0.2, 0) is 25.7 Å². The predicted octanol–water partition coefficient (Wildman–Crippen LogP) is 1.88. The van der Waals surface area contributed by atoms with Gasteiger partial charge >= 0.3 is 11.9 Å². The minimum atomic E-state index is -1.87. The fourth-order valence-electron chi connectivity index (χ4n) is 3.62. The summed E-state index contributed by atoms with van der Waals surface area (Å²) in [5.74, 6) is -1.51. The van der Waals surface area contributed by atoms with Crippen LogP contribution in [-0.4, -0.2) is 63.4 Å². The highest BCUT2D eigenvalue weighted by Gasteiger charge is 2.52. The van der Waals surface area contributed by atoms with Crippen LogP contribution in [0.1, 0.15) is 24.0 Å². The molecule has 33 heavy (non-hydrogen) atoms. The molecule has 4 N–H and O–H groups in total. The van der Waals surface area contributed by atoms with Gasteiger partial charge in [0, 0.05) is 18.9 Å². The summed E-state index contributed by atoms with van der Waals surface area (Å²) in [6, 6.07) is 13.0. The summed E-state index contributed by atoms with van der Waals surface area (Å²) in [4.78, 5) is 24.4. The van der Waals surface area contributed by atoms with E-state index in [0.717, 1.165) is 6.08 Å². The summed E-state index contributed by atoms with van der Waals surface area (Å²) in [7, 11) is 1.51. The zero-order valence-corrected chi connectivity index (χ0v) is 18.0. The lowest BCUT2D eigenvalue weighted by Gasteiger charge is -2.41. The highest BCUT2D eigenvalue weighted by Crippen LogP contribution is 2.35. The van der Waals surface area contributed by atoms with E-state index >= 15 is 0 Å². The molecule has 176 valence electrons. The molecule has 1 aliphatic rings. The fraction of sp³-hybridized carbons (Fsp3) is 0.333. The first-order valence-electron chi connectivity index (χ1n) is 10.3. The number of aliphatic hydroxyl groups excluding tert-OH is 2. The molecule has 2 aromatic rings. The van der Waals surface area contributed by atoms with Crippen molar-refractivity contribution in [2.24, 2.45) is 0 Å². The molecule has 0 amide bonds. The molecule has 0 spiro atoms. The van der Waals surface area contributed by atoms with E-state index in [-0.39, 0.29) is 25.2 Å². The van der Waals surface area contributed by atoms with Gasteiger partial charge in [0.25, 0.3) is 0 Å². The van der Waals surface area contributed by atoms with Crippen LogP contribution >= 0.6 is 0 Å². The number of methoxy groups -OCH3 is 1. The van der Waals surface area contributed by atoms with E-state index < -0.39 is 35.9 Å². The molecule has 0 bridgehead atoms. The minimum absolute atomic E-state index is 0.0769. The third-order valence-electron chi connectivity index (χ3n) is 5.46. The Morgan fingerprint density at radius 3 is 2.52 bits per heavy atom. The van der Waals surface area contributed by atoms with Crippen LogP contribution in [0.25, 0.3) is 6.08 Å². The second-order valence-electron chi connectivity index (χ2n) is 7.81. The summed E-state index contributed by atoms with van der Waals surface area (Å²) in [6.07, 6.45) is -2.40. The number of hydrogen-bond donors (Lipinski definition) is 4. The molecule has 3 rings (SSSR count). The maximum Gasteiger partial charge on any atom is 0.336 e. The molecule has 9 heteroatoms. The van der Waals surface area contributed by atoms with Gasteiger partial charge in [0.2, 0.25) is 0 Å². The van der Waals surface area contributed by atoms with Crippen molar-refractivity contribution in [3.63, 3.8) is 0 Å². The number of rotatable bonds is 8. The number of benzene rings is 2. The summed E-state index contributed by atoms with van der Waals surface area (Å²) in [5, 5.41) is 39.8. The zero-order chi connectivity index (χ0) is 24.0. The van der Waals surface area contributed by atoms with Gasteiger partial charge in [0.15, 0.2) is 5.60 Å². The van der Waals surface area contributed by atoms with Crippen molar-refractivity contribution in [2.75, 3.05) is 7.11 Å². The average molecular weight is 458 g/mol. The lowest BCUT2D eigenvalue weighted by atomic mass is 9.79. The van der Waals surface area contributed by atoms with Crippen LogP contribution in [0.3, 0.4) is 0 Å². The van der Waals surface area contributed by atoms with Crippen molar-refractivity contribution in [2.45, 2.75) is 43.4 Å². The lowest BCUT2D eigenvalue weighted by molar-refractivity contribution is -0.209. The van der Waals surface area contributed by atoms with Crippen molar-refractivity contribution in [3.8, 4) is 11.5 Å². The smallest absolute Gasteiger partial charge is 0.336 e. The molecule has 0 heterocycles. The Kier molecular flexibility index (Phi) is 7.70. The molecule has 0 unspecified atom stereocenters. The first-order chi connectivity index (χ1) is 15.7. The summed E-state index contributed by atoms with van der Waals surface area (Å²) < 4.78 is 16.1. The number of carbonyl (C=O) groups is 2. The third kappa shape index (κ3) is 6.10. The Bertz CT molecular complexity index is 1000. The number of phenols is 1. The number of phenolic OH excluding ortho intramolecular Hbond substituents is 1. The Balaban J connectivity index is 1.71. The Hall–Kier alpha value is -3.40. The van der Waals surface area contributed by atoms with Crippen LogP contribution in [0, 0.1) is 0 Å². The molecule has 0 aromatic heterocycles. The van der Waals surface area contributed by atoms with Crippen molar-refractivity contribution in [3.05, 3.63) is 65.7 Å². The van der Waals surface area contributed by atoms with E-state index in [0.29, 0.717) is 16.9 Å².